The fourth-order valence-corrected chi connectivity index (χ4v) is 3.75. The number of anilines is 1. The second-order valence-corrected chi connectivity index (χ2v) is 9.23. The summed E-state index contributed by atoms with van der Waals surface area (Å²) < 4.78 is 1.99. The van der Waals surface area contributed by atoms with E-state index in [1.54, 1.807) is 6.07 Å². The summed E-state index contributed by atoms with van der Waals surface area (Å²) in [6, 6.07) is 5.32. The maximum atomic E-state index is 12.1. The van der Waals surface area contributed by atoms with Crippen molar-refractivity contribution >= 4 is 22.9 Å². The predicted molar refractivity (Wildman–Crippen MR) is 127 cm³/mol. The molecule has 0 aromatic carbocycles. The molecule has 3 N–H and O–H groups in total. The Labute approximate surface area is 188 Å². The van der Waals surface area contributed by atoms with Gasteiger partial charge in [0.2, 0.25) is 0 Å². The number of nitrogens with zero attached hydrogens (tertiary/aromatic N) is 5. The number of piperazine rings is 1. The Hall–Kier alpha value is -3.04. The zero-order valence-corrected chi connectivity index (χ0v) is 19.1. The van der Waals surface area contributed by atoms with Gasteiger partial charge < -0.3 is 15.5 Å². The first-order chi connectivity index (χ1) is 15.4. The van der Waals surface area contributed by atoms with Gasteiger partial charge in [0.05, 0.1) is 17.2 Å². The fraction of sp³-hybridized carbons (Fsp3) is 0.478. The number of hydrogen-bond acceptors (Lipinski definition) is 6. The summed E-state index contributed by atoms with van der Waals surface area (Å²) in [6.07, 6.45) is 6.84. The summed E-state index contributed by atoms with van der Waals surface area (Å²) in [4.78, 5) is 23.7. The molecule has 4 rings (SSSR count). The van der Waals surface area contributed by atoms with E-state index in [0.29, 0.717) is 5.82 Å². The predicted octanol–water partition coefficient (Wildman–Crippen LogP) is 2.71. The van der Waals surface area contributed by atoms with Crippen molar-refractivity contribution in [1.82, 2.24) is 35.3 Å². The third-order valence-electron chi connectivity index (χ3n) is 5.31. The molecule has 1 aliphatic rings. The van der Waals surface area contributed by atoms with Crippen molar-refractivity contribution < 1.29 is 4.79 Å². The Bertz CT molecular complexity index is 1070. The second kappa shape index (κ2) is 9.62. The largest absolute Gasteiger partial charge is 0.333 e. The molecule has 3 aromatic heterocycles. The Morgan fingerprint density at radius 2 is 1.91 bits per heavy atom. The van der Waals surface area contributed by atoms with Gasteiger partial charge in [0.1, 0.15) is 5.82 Å². The van der Waals surface area contributed by atoms with Gasteiger partial charge in [0.15, 0.2) is 0 Å². The highest BCUT2D eigenvalue weighted by Gasteiger charge is 2.14. The van der Waals surface area contributed by atoms with Crippen LogP contribution in [0.2, 0.25) is 0 Å². The maximum absolute atomic E-state index is 12.1. The van der Waals surface area contributed by atoms with E-state index in [4.69, 9.17) is 0 Å². The summed E-state index contributed by atoms with van der Waals surface area (Å²) in [6.45, 7) is 12.2. The second-order valence-electron chi connectivity index (χ2n) is 9.23. The van der Waals surface area contributed by atoms with E-state index < -0.39 is 0 Å². The number of carbonyl (C=O) groups is 1. The van der Waals surface area contributed by atoms with E-state index in [2.05, 4.69) is 42.1 Å². The summed E-state index contributed by atoms with van der Waals surface area (Å²) in [7, 11) is 0. The van der Waals surface area contributed by atoms with Crippen molar-refractivity contribution in [2.24, 2.45) is 0 Å². The lowest BCUT2D eigenvalue weighted by molar-refractivity contribution is 0.233. The van der Waals surface area contributed by atoms with Crippen LogP contribution in [0.4, 0.5) is 10.6 Å². The number of hydrogen-bond donors (Lipinski definition) is 3. The minimum atomic E-state index is -0.319. The first kappa shape index (κ1) is 22.2. The van der Waals surface area contributed by atoms with Gasteiger partial charge >= 0.3 is 6.03 Å². The molecule has 9 heteroatoms. The highest BCUT2D eigenvalue weighted by molar-refractivity contribution is 5.90. The minimum Gasteiger partial charge on any atom is -0.333 e. The number of amides is 2. The van der Waals surface area contributed by atoms with Crippen molar-refractivity contribution in [2.45, 2.75) is 39.3 Å². The van der Waals surface area contributed by atoms with Gasteiger partial charge in [-0.2, -0.15) is 5.10 Å². The third-order valence-corrected chi connectivity index (χ3v) is 5.31. The smallest absolute Gasteiger partial charge is 0.320 e. The Morgan fingerprint density at radius 3 is 2.69 bits per heavy atom. The van der Waals surface area contributed by atoms with Crippen LogP contribution in [0.25, 0.3) is 22.2 Å². The molecule has 0 saturated carbocycles. The van der Waals surface area contributed by atoms with Crippen molar-refractivity contribution in [3.05, 3.63) is 36.8 Å². The average molecular weight is 437 g/mol. The molecular formula is C23H32N8O. The lowest BCUT2D eigenvalue weighted by atomic mass is 10.1. The monoisotopic (exact) mass is 436 g/mol. The number of fused-ring (bicyclic) bond motifs is 1. The molecule has 0 spiro atoms. The maximum Gasteiger partial charge on any atom is 0.320 e. The van der Waals surface area contributed by atoms with Gasteiger partial charge in [-0.3, -0.25) is 15.0 Å². The van der Waals surface area contributed by atoms with Gasteiger partial charge in [0, 0.05) is 61.8 Å². The number of urea groups is 1. The summed E-state index contributed by atoms with van der Waals surface area (Å²) in [5.41, 5.74) is 3.14. The van der Waals surface area contributed by atoms with E-state index in [1.807, 2.05) is 50.0 Å². The van der Waals surface area contributed by atoms with Crippen LogP contribution < -0.4 is 16.0 Å². The van der Waals surface area contributed by atoms with E-state index in [0.717, 1.165) is 67.8 Å². The van der Waals surface area contributed by atoms with Crippen LogP contribution in [-0.2, 0) is 6.54 Å². The van der Waals surface area contributed by atoms with Gasteiger partial charge in [-0.25, -0.2) is 9.78 Å². The Kier molecular flexibility index (Phi) is 6.66. The summed E-state index contributed by atoms with van der Waals surface area (Å²) >= 11 is 0. The van der Waals surface area contributed by atoms with Crippen LogP contribution in [0.15, 0.2) is 36.8 Å². The van der Waals surface area contributed by atoms with Crippen molar-refractivity contribution in [1.29, 1.82) is 0 Å². The SMILES string of the molecule is CC(C)(C)NC(=O)Nc1ccc2ncc(-c3cnn(CCCN4CCNCC4)c3)cc2n1. The highest BCUT2D eigenvalue weighted by atomic mass is 16.2. The number of aryl methyl sites for hydroxylation is 1. The average Bonchev–Trinajstić information content (AvgIpc) is 3.21. The standard InChI is InChI=1S/C23H32N8O/c1-23(2,3)29-22(32)28-21-6-5-19-20(27-21)13-17(14-25-19)18-15-26-31(16-18)10-4-9-30-11-7-24-8-12-30/h5-6,13-16,24H,4,7-12H2,1-3H3,(H2,27,28,29,32). The number of aromatic nitrogens is 4. The van der Waals surface area contributed by atoms with Gasteiger partial charge in [-0.05, 0) is 51.9 Å². The topological polar surface area (TPSA) is 100 Å². The van der Waals surface area contributed by atoms with Crippen molar-refractivity contribution in [3.63, 3.8) is 0 Å². The molecule has 170 valence electrons. The zero-order valence-electron chi connectivity index (χ0n) is 19.1. The van der Waals surface area contributed by atoms with Crippen LogP contribution in [0.1, 0.15) is 27.2 Å². The zero-order chi connectivity index (χ0) is 22.6. The molecule has 4 heterocycles. The molecule has 3 aromatic rings. The van der Waals surface area contributed by atoms with Crippen molar-refractivity contribution in [2.75, 3.05) is 38.0 Å². The molecule has 1 fully saturated rings. The van der Waals surface area contributed by atoms with E-state index in [9.17, 15) is 4.79 Å². The molecule has 32 heavy (non-hydrogen) atoms. The minimum absolute atomic E-state index is 0.282. The van der Waals surface area contributed by atoms with Gasteiger partial charge in [0.25, 0.3) is 0 Å². The third kappa shape index (κ3) is 6.02. The van der Waals surface area contributed by atoms with Gasteiger partial charge in [-0.1, -0.05) is 0 Å². The molecule has 0 radical (unpaired) electrons. The molecular weight excluding hydrogens is 404 g/mol. The van der Waals surface area contributed by atoms with Gasteiger partial charge in [-0.15, -0.1) is 0 Å². The number of carbonyl (C=O) groups excluding carboxylic acids is 1. The molecule has 1 aliphatic heterocycles. The lowest BCUT2D eigenvalue weighted by Gasteiger charge is -2.26. The molecule has 1 saturated heterocycles. The number of nitrogens with one attached hydrogen (secondary N) is 3. The summed E-state index contributed by atoms with van der Waals surface area (Å²) in [5.74, 6) is 0.488. The molecule has 0 atom stereocenters. The van der Waals surface area contributed by atoms with Crippen molar-refractivity contribution in [3.8, 4) is 11.1 Å². The summed E-state index contributed by atoms with van der Waals surface area (Å²) in [5, 5.41) is 13.6. The first-order valence-electron chi connectivity index (χ1n) is 11.2. The Balaban J connectivity index is 1.41. The first-order valence-corrected chi connectivity index (χ1v) is 11.2. The van der Waals surface area contributed by atoms with Crippen LogP contribution in [0.3, 0.4) is 0 Å². The quantitative estimate of drug-likeness (QED) is 0.549. The molecule has 2 amide bonds. The highest BCUT2D eigenvalue weighted by Crippen LogP contribution is 2.22. The normalized spacial score (nSPS) is 15.1. The molecule has 0 aliphatic carbocycles. The van der Waals surface area contributed by atoms with E-state index in [1.165, 1.54) is 0 Å². The molecule has 0 bridgehead atoms. The van der Waals surface area contributed by atoms with E-state index in [-0.39, 0.29) is 11.6 Å². The Morgan fingerprint density at radius 1 is 1.09 bits per heavy atom. The fourth-order valence-electron chi connectivity index (χ4n) is 3.75. The lowest BCUT2D eigenvalue weighted by Crippen LogP contribution is -2.43. The molecule has 0 unspecified atom stereocenters. The number of pyridine rings is 2. The number of rotatable bonds is 6. The van der Waals surface area contributed by atoms with Crippen LogP contribution in [0.5, 0.6) is 0 Å². The van der Waals surface area contributed by atoms with Crippen LogP contribution in [-0.4, -0.2) is 68.9 Å². The van der Waals surface area contributed by atoms with Crippen LogP contribution in [0, 0.1) is 0 Å². The van der Waals surface area contributed by atoms with Crippen LogP contribution >= 0.6 is 0 Å². The molecule has 9 nitrogen and oxygen atoms in total. The van der Waals surface area contributed by atoms with E-state index >= 15 is 0 Å².